The number of aliphatic carboxylic acids is 1. The van der Waals surface area contributed by atoms with Crippen LogP contribution in [0.5, 0.6) is 0 Å². The molecule has 2 saturated carbocycles. The molecule has 2 N–H and O–H groups in total. The Morgan fingerprint density at radius 1 is 1.44 bits per heavy atom. The predicted molar refractivity (Wildman–Crippen MR) is 70.1 cm³/mol. The largest absolute Gasteiger partial charge is 0.478 e. The molecule has 0 bridgehead atoms. The zero-order chi connectivity index (χ0) is 13.5. The van der Waals surface area contributed by atoms with Crippen molar-refractivity contribution in [2.45, 2.75) is 45.1 Å². The number of carboxylic acids is 1. The van der Waals surface area contributed by atoms with Crippen molar-refractivity contribution in [2.75, 3.05) is 0 Å². The Bertz CT molecular complexity index is 399. The van der Waals surface area contributed by atoms with Gasteiger partial charge in [-0.15, -0.1) is 0 Å². The van der Waals surface area contributed by atoms with Crippen LogP contribution in [-0.2, 0) is 4.79 Å². The zero-order valence-electron chi connectivity index (χ0n) is 11.0. The van der Waals surface area contributed by atoms with Gasteiger partial charge in [-0.05, 0) is 37.5 Å². The third-order valence-electron chi connectivity index (χ3n) is 4.94. The van der Waals surface area contributed by atoms with Gasteiger partial charge in [-0.3, -0.25) is 0 Å². The van der Waals surface area contributed by atoms with E-state index >= 15 is 0 Å². The Morgan fingerprint density at radius 3 is 2.72 bits per heavy atom. The number of aliphatic hydroxyl groups excluding tert-OH is 1. The van der Waals surface area contributed by atoms with Gasteiger partial charge in [0.15, 0.2) is 0 Å². The molecule has 0 amide bonds. The van der Waals surface area contributed by atoms with E-state index in [1.807, 2.05) is 0 Å². The first-order chi connectivity index (χ1) is 8.37. The van der Waals surface area contributed by atoms with Crippen LogP contribution in [0.25, 0.3) is 0 Å². The van der Waals surface area contributed by atoms with Crippen LogP contribution in [0.3, 0.4) is 0 Å². The van der Waals surface area contributed by atoms with E-state index in [1.54, 1.807) is 0 Å². The lowest BCUT2D eigenvalue weighted by Crippen LogP contribution is -2.48. The zero-order valence-corrected chi connectivity index (χ0v) is 11.0. The van der Waals surface area contributed by atoms with Crippen molar-refractivity contribution in [2.24, 2.45) is 17.3 Å². The van der Waals surface area contributed by atoms with Crippen LogP contribution in [0.4, 0.5) is 0 Å². The van der Waals surface area contributed by atoms with Crippen LogP contribution in [0.1, 0.15) is 39.0 Å². The minimum atomic E-state index is -0.996. The molecular weight excluding hydrogens is 228 g/mol. The fraction of sp³-hybridized carbons (Fsp3) is 0.667. The number of carboxylic acid groups (broad SMARTS) is 1. The number of hydrogen-bond donors (Lipinski definition) is 2. The quantitative estimate of drug-likeness (QED) is 0.585. The van der Waals surface area contributed by atoms with Crippen LogP contribution in [0.15, 0.2) is 24.3 Å². The Morgan fingerprint density at radius 2 is 2.11 bits per heavy atom. The molecule has 0 aromatic rings. The lowest BCUT2D eigenvalue weighted by molar-refractivity contribution is -0.135. The molecule has 2 fully saturated rings. The summed E-state index contributed by atoms with van der Waals surface area (Å²) < 4.78 is 0. The first-order valence-electron chi connectivity index (χ1n) is 6.64. The molecule has 3 nitrogen and oxygen atoms in total. The van der Waals surface area contributed by atoms with Crippen molar-refractivity contribution in [1.29, 1.82) is 0 Å². The molecule has 0 radical (unpaired) electrons. The van der Waals surface area contributed by atoms with Gasteiger partial charge < -0.3 is 10.2 Å². The van der Waals surface area contributed by atoms with Crippen LogP contribution >= 0.6 is 0 Å². The predicted octanol–water partition coefficient (Wildman–Crippen LogP) is 2.76. The van der Waals surface area contributed by atoms with Gasteiger partial charge in [-0.1, -0.05) is 25.7 Å². The molecule has 4 atom stereocenters. The number of fused-ring (bicyclic) bond motifs is 1. The van der Waals surface area contributed by atoms with Gasteiger partial charge in [0, 0.05) is 17.4 Å². The van der Waals surface area contributed by atoms with Gasteiger partial charge in [0.05, 0.1) is 6.10 Å². The summed E-state index contributed by atoms with van der Waals surface area (Å²) in [7, 11) is 0. The fourth-order valence-electron chi connectivity index (χ4n) is 3.88. The summed E-state index contributed by atoms with van der Waals surface area (Å²) in [6.45, 7) is 9.92. The minimum Gasteiger partial charge on any atom is -0.478 e. The van der Waals surface area contributed by atoms with E-state index < -0.39 is 12.1 Å². The Labute approximate surface area is 108 Å². The van der Waals surface area contributed by atoms with Crippen molar-refractivity contribution >= 4 is 5.97 Å². The molecule has 0 saturated heterocycles. The van der Waals surface area contributed by atoms with E-state index in [9.17, 15) is 9.90 Å². The van der Waals surface area contributed by atoms with E-state index in [1.165, 1.54) is 0 Å². The second-order valence-corrected chi connectivity index (χ2v) is 6.11. The van der Waals surface area contributed by atoms with Gasteiger partial charge in [-0.2, -0.15) is 0 Å². The molecule has 2 rings (SSSR count). The maximum atomic E-state index is 11.0. The van der Waals surface area contributed by atoms with Crippen molar-refractivity contribution in [3.8, 4) is 0 Å². The summed E-state index contributed by atoms with van der Waals surface area (Å²) in [5.74, 6) is -1.29. The molecule has 0 aliphatic heterocycles. The van der Waals surface area contributed by atoms with Gasteiger partial charge in [-0.25, -0.2) is 4.79 Å². The van der Waals surface area contributed by atoms with Gasteiger partial charge in [0.1, 0.15) is 0 Å². The van der Waals surface area contributed by atoms with Crippen LogP contribution in [0.2, 0.25) is 0 Å². The molecule has 0 unspecified atom stereocenters. The second-order valence-electron chi connectivity index (χ2n) is 6.11. The molecule has 18 heavy (non-hydrogen) atoms. The molecule has 0 heterocycles. The van der Waals surface area contributed by atoms with E-state index in [2.05, 4.69) is 20.1 Å². The Kier molecular flexibility index (Phi) is 3.37. The first kappa shape index (κ1) is 13.3. The van der Waals surface area contributed by atoms with Crippen molar-refractivity contribution < 1.29 is 15.0 Å². The highest BCUT2D eigenvalue weighted by molar-refractivity contribution is 5.86. The lowest BCUT2D eigenvalue weighted by atomic mass is 9.55. The summed E-state index contributed by atoms with van der Waals surface area (Å²) in [6.07, 6.45) is 4.20. The van der Waals surface area contributed by atoms with E-state index in [-0.39, 0.29) is 22.8 Å². The van der Waals surface area contributed by atoms with E-state index in [4.69, 9.17) is 5.11 Å². The standard InChI is InChI=1S/C15H22O3/c1-9-5-4-7-15(3)8-6-11(10(2)14(17)18)13(16)12(9)15/h11-13,16H,1-2,4-8H2,3H3,(H,17,18)/t11-,12+,13-,15+/m0/s1. The number of hydrogen-bond acceptors (Lipinski definition) is 2. The Hall–Kier alpha value is -1.09. The normalized spacial score (nSPS) is 40.1. The van der Waals surface area contributed by atoms with Gasteiger partial charge >= 0.3 is 5.97 Å². The molecule has 100 valence electrons. The van der Waals surface area contributed by atoms with Crippen molar-refractivity contribution in [3.05, 3.63) is 24.3 Å². The van der Waals surface area contributed by atoms with E-state index in [0.717, 1.165) is 31.3 Å². The third-order valence-corrected chi connectivity index (χ3v) is 4.94. The van der Waals surface area contributed by atoms with Crippen molar-refractivity contribution in [3.63, 3.8) is 0 Å². The van der Waals surface area contributed by atoms with Crippen LogP contribution < -0.4 is 0 Å². The molecule has 0 aromatic heterocycles. The van der Waals surface area contributed by atoms with Crippen molar-refractivity contribution in [1.82, 2.24) is 0 Å². The minimum absolute atomic E-state index is 0.0288. The summed E-state index contributed by atoms with van der Waals surface area (Å²) in [5, 5.41) is 19.6. The lowest BCUT2D eigenvalue weighted by Gasteiger charge is -2.51. The highest BCUT2D eigenvalue weighted by Gasteiger charge is 2.49. The summed E-state index contributed by atoms with van der Waals surface area (Å²) in [5.41, 5.74) is 1.31. The second kappa shape index (κ2) is 4.54. The first-order valence-corrected chi connectivity index (χ1v) is 6.64. The van der Waals surface area contributed by atoms with Crippen LogP contribution in [0, 0.1) is 17.3 Å². The Balaban J connectivity index is 2.26. The molecule has 0 aromatic carbocycles. The number of aliphatic hydroxyl groups is 1. The van der Waals surface area contributed by atoms with E-state index in [0.29, 0.717) is 6.42 Å². The summed E-state index contributed by atoms with van der Waals surface area (Å²) in [4.78, 5) is 11.0. The highest BCUT2D eigenvalue weighted by atomic mass is 16.4. The summed E-state index contributed by atoms with van der Waals surface area (Å²) in [6, 6.07) is 0. The third kappa shape index (κ3) is 2.01. The molecule has 0 spiro atoms. The van der Waals surface area contributed by atoms with Gasteiger partial charge in [0.25, 0.3) is 0 Å². The highest BCUT2D eigenvalue weighted by Crippen LogP contribution is 2.54. The molecule has 2 aliphatic rings. The maximum absolute atomic E-state index is 11.0. The number of carbonyl (C=O) groups is 1. The number of rotatable bonds is 2. The smallest absolute Gasteiger partial charge is 0.331 e. The monoisotopic (exact) mass is 250 g/mol. The fourth-order valence-corrected chi connectivity index (χ4v) is 3.88. The SMILES string of the molecule is C=C1CCC[C@]2(C)CC[C@@H](C(=C)C(=O)O)[C@H](O)[C@@H]12. The molecule has 3 heteroatoms. The molecule has 2 aliphatic carbocycles. The average molecular weight is 250 g/mol. The van der Waals surface area contributed by atoms with Crippen LogP contribution in [-0.4, -0.2) is 22.3 Å². The average Bonchev–Trinajstić information content (AvgIpc) is 2.27. The summed E-state index contributed by atoms with van der Waals surface area (Å²) >= 11 is 0. The maximum Gasteiger partial charge on any atom is 0.331 e. The topological polar surface area (TPSA) is 57.5 Å². The van der Waals surface area contributed by atoms with Gasteiger partial charge in [0.2, 0.25) is 0 Å². The molecular formula is C15H22O3.